The maximum Gasteiger partial charge on any atom is 0.331 e. The van der Waals surface area contributed by atoms with Gasteiger partial charge in [-0.15, -0.1) is 0 Å². The zero-order chi connectivity index (χ0) is 8.85. The predicted molar refractivity (Wildman–Crippen MR) is 35.0 cm³/mol. The lowest BCUT2D eigenvalue weighted by molar-refractivity contribution is -0.136. The number of carbonyl (C=O) groups is 2. The highest BCUT2D eigenvalue weighted by Crippen LogP contribution is 2.00. The van der Waals surface area contributed by atoms with Gasteiger partial charge >= 0.3 is 11.9 Å². The number of hydrogen-bond donors (Lipinski definition) is 2. The molecule has 0 aromatic rings. The van der Waals surface area contributed by atoms with E-state index in [1.807, 2.05) is 0 Å². The molecular formula is C6H8O5. The van der Waals surface area contributed by atoms with Crippen LogP contribution < -0.4 is 0 Å². The number of rotatable bonds is 4. The van der Waals surface area contributed by atoms with Crippen molar-refractivity contribution in [1.29, 1.82) is 0 Å². The second-order valence-electron chi connectivity index (χ2n) is 1.72. The number of ether oxygens (including phenoxy) is 1. The predicted octanol–water partition coefficient (Wildman–Crippen LogP) is 0.0760. The quantitative estimate of drug-likeness (QED) is 0.449. The number of methoxy groups -OCH3 is 1. The van der Waals surface area contributed by atoms with E-state index in [1.165, 1.54) is 7.11 Å². The third-order valence-electron chi connectivity index (χ3n) is 0.872. The highest BCUT2D eigenvalue weighted by Gasteiger charge is 2.04. The van der Waals surface area contributed by atoms with E-state index < -0.39 is 18.4 Å². The second-order valence-corrected chi connectivity index (χ2v) is 1.72. The van der Waals surface area contributed by atoms with E-state index in [9.17, 15) is 9.59 Å². The van der Waals surface area contributed by atoms with Gasteiger partial charge in [-0.2, -0.15) is 0 Å². The van der Waals surface area contributed by atoms with Crippen molar-refractivity contribution >= 4 is 11.9 Å². The van der Waals surface area contributed by atoms with E-state index in [0.717, 1.165) is 0 Å². The molecule has 0 bridgehead atoms. The fourth-order valence-electron chi connectivity index (χ4n) is 0.469. The lowest BCUT2D eigenvalue weighted by Gasteiger charge is -1.99. The summed E-state index contributed by atoms with van der Waals surface area (Å²) >= 11 is 0. The van der Waals surface area contributed by atoms with Crippen LogP contribution in [0.1, 0.15) is 6.42 Å². The average Bonchev–Trinajstić information content (AvgIpc) is 1.84. The van der Waals surface area contributed by atoms with E-state index in [-0.39, 0.29) is 5.76 Å². The first-order valence-electron chi connectivity index (χ1n) is 2.75. The van der Waals surface area contributed by atoms with Crippen LogP contribution in [-0.2, 0) is 14.3 Å². The molecule has 0 spiro atoms. The van der Waals surface area contributed by atoms with Gasteiger partial charge in [0.2, 0.25) is 0 Å². The van der Waals surface area contributed by atoms with Gasteiger partial charge < -0.3 is 14.9 Å². The van der Waals surface area contributed by atoms with E-state index in [2.05, 4.69) is 4.74 Å². The summed E-state index contributed by atoms with van der Waals surface area (Å²) in [6.07, 6.45) is 0.302. The summed E-state index contributed by atoms with van der Waals surface area (Å²) in [7, 11) is 1.22. The first kappa shape index (κ1) is 9.48. The highest BCUT2D eigenvalue weighted by molar-refractivity contribution is 5.81. The Hall–Kier alpha value is -1.52. The zero-order valence-corrected chi connectivity index (χ0v) is 5.90. The van der Waals surface area contributed by atoms with Crippen molar-refractivity contribution in [3.8, 4) is 0 Å². The molecule has 0 aromatic carbocycles. The summed E-state index contributed by atoms with van der Waals surface area (Å²) < 4.78 is 4.47. The Balaban J connectivity index is 4.16. The molecule has 0 aromatic heterocycles. The minimum Gasteiger partial charge on any atom is -0.500 e. The van der Waals surface area contributed by atoms with Gasteiger partial charge in [-0.3, -0.25) is 4.79 Å². The van der Waals surface area contributed by atoms with Crippen LogP contribution >= 0.6 is 0 Å². The molecule has 5 heteroatoms. The van der Waals surface area contributed by atoms with Crippen LogP contribution in [0.4, 0.5) is 0 Å². The largest absolute Gasteiger partial charge is 0.500 e. The molecule has 0 heterocycles. The normalized spacial score (nSPS) is 10.8. The van der Waals surface area contributed by atoms with Crippen LogP contribution in [0.3, 0.4) is 0 Å². The lowest BCUT2D eigenvalue weighted by Crippen LogP contribution is -2.01. The van der Waals surface area contributed by atoms with E-state index in [0.29, 0.717) is 6.08 Å². The van der Waals surface area contributed by atoms with Gasteiger partial charge in [0.05, 0.1) is 13.2 Å². The maximum atomic E-state index is 10.0. The Kier molecular flexibility index (Phi) is 3.72. The van der Waals surface area contributed by atoms with Crippen LogP contribution in [0.15, 0.2) is 11.8 Å². The molecule has 0 fully saturated rings. The van der Waals surface area contributed by atoms with Gasteiger partial charge in [0.25, 0.3) is 0 Å². The smallest absolute Gasteiger partial charge is 0.331 e. The van der Waals surface area contributed by atoms with Crippen LogP contribution in [0, 0.1) is 0 Å². The first-order valence-corrected chi connectivity index (χ1v) is 2.75. The van der Waals surface area contributed by atoms with Crippen molar-refractivity contribution < 1.29 is 24.5 Å². The topological polar surface area (TPSA) is 83.8 Å². The third kappa shape index (κ3) is 4.95. The maximum absolute atomic E-state index is 10.0. The molecule has 0 rings (SSSR count). The molecule has 0 amide bonds. The fourth-order valence-corrected chi connectivity index (χ4v) is 0.469. The molecule has 0 aliphatic heterocycles. The molecule has 0 aliphatic carbocycles. The molecule has 0 saturated carbocycles. The average molecular weight is 160 g/mol. The van der Waals surface area contributed by atoms with Crippen molar-refractivity contribution in [2.45, 2.75) is 6.42 Å². The monoisotopic (exact) mass is 160 g/mol. The van der Waals surface area contributed by atoms with Gasteiger partial charge in [-0.1, -0.05) is 0 Å². The van der Waals surface area contributed by atoms with Gasteiger partial charge in [0.1, 0.15) is 12.2 Å². The molecule has 2 N–H and O–H groups in total. The van der Waals surface area contributed by atoms with Gasteiger partial charge in [-0.25, -0.2) is 4.79 Å². The Labute approximate surface area is 62.9 Å². The SMILES string of the molecule is CO/C(=C\C(=O)O)CC(=O)O. The van der Waals surface area contributed by atoms with Crippen molar-refractivity contribution in [2.24, 2.45) is 0 Å². The summed E-state index contributed by atoms with van der Waals surface area (Å²) in [6, 6.07) is 0. The highest BCUT2D eigenvalue weighted by atomic mass is 16.5. The summed E-state index contributed by atoms with van der Waals surface area (Å²) in [5.41, 5.74) is 0. The Morgan fingerprint density at radius 1 is 1.45 bits per heavy atom. The van der Waals surface area contributed by atoms with Crippen molar-refractivity contribution in [1.82, 2.24) is 0 Å². The Morgan fingerprint density at radius 2 is 2.00 bits per heavy atom. The minimum atomic E-state index is -1.22. The fraction of sp³-hybridized carbons (Fsp3) is 0.333. The number of carboxylic acids is 2. The second kappa shape index (κ2) is 4.32. The van der Waals surface area contributed by atoms with Gasteiger partial charge in [-0.05, 0) is 0 Å². The molecule has 0 saturated heterocycles. The van der Waals surface area contributed by atoms with E-state index in [4.69, 9.17) is 10.2 Å². The standard InChI is InChI=1S/C6H8O5/c1-11-4(2-5(7)8)3-6(9)10/h2H,3H2,1H3,(H,7,8)(H,9,10)/b4-2-. The summed E-state index contributed by atoms with van der Waals surface area (Å²) in [4.78, 5) is 20.0. The molecule has 0 aliphatic rings. The molecule has 11 heavy (non-hydrogen) atoms. The van der Waals surface area contributed by atoms with Crippen molar-refractivity contribution in [3.63, 3.8) is 0 Å². The van der Waals surface area contributed by atoms with Crippen molar-refractivity contribution in [3.05, 3.63) is 11.8 Å². The first-order chi connectivity index (χ1) is 5.06. The molecular weight excluding hydrogens is 152 g/mol. The van der Waals surface area contributed by atoms with Crippen LogP contribution in [0.2, 0.25) is 0 Å². The van der Waals surface area contributed by atoms with E-state index >= 15 is 0 Å². The molecule has 0 radical (unpaired) electrons. The molecule has 0 atom stereocenters. The third-order valence-corrected chi connectivity index (χ3v) is 0.872. The summed E-state index contributed by atoms with van der Waals surface area (Å²) in [5, 5.41) is 16.4. The molecule has 0 unspecified atom stereocenters. The summed E-state index contributed by atoms with van der Waals surface area (Å²) in [5.74, 6) is -2.42. The van der Waals surface area contributed by atoms with E-state index in [1.54, 1.807) is 0 Å². The molecule has 5 nitrogen and oxygen atoms in total. The van der Waals surface area contributed by atoms with Crippen LogP contribution in [0.25, 0.3) is 0 Å². The minimum absolute atomic E-state index is 0.0787. The lowest BCUT2D eigenvalue weighted by atomic mass is 10.3. The number of aliphatic carboxylic acids is 2. The van der Waals surface area contributed by atoms with Crippen LogP contribution in [-0.4, -0.2) is 29.3 Å². The van der Waals surface area contributed by atoms with Gasteiger partial charge in [0.15, 0.2) is 0 Å². The number of hydrogen-bond acceptors (Lipinski definition) is 3. The number of carboxylic acid groups (broad SMARTS) is 2. The summed E-state index contributed by atoms with van der Waals surface area (Å²) in [6.45, 7) is 0. The van der Waals surface area contributed by atoms with Crippen LogP contribution in [0.5, 0.6) is 0 Å². The zero-order valence-electron chi connectivity index (χ0n) is 5.90. The Morgan fingerprint density at radius 3 is 2.27 bits per heavy atom. The van der Waals surface area contributed by atoms with Crippen molar-refractivity contribution in [2.75, 3.05) is 7.11 Å². The Bertz CT molecular complexity index is 193. The van der Waals surface area contributed by atoms with Gasteiger partial charge in [0, 0.05) is 0 Å². The molecule has 62 valence electrons.